The first-order chi connectivity index (χ1) is 26.7. The van der Waals surface area contributed by atoms with Crippen LogP contribution in [-0.4, -0.2) is 98.1 Å². The predicted octanol–water partition coefficient (Wildman–Crippen LogP) is 4.07. The third-order valence-electron chi connectivity index (χ3n) is 8.86. The number of carbonyl (C=O) groups excluding carboxylic acids is 3. The summed E-state index contributed by atoms with van der Waals surface area (Å²) in [5.41, 5.74) is 2.51. The lowest BCUT2D eigenvalue weighted by atomic mass is 10.0. The molecule has 0 spiro atoms. The number of likely N-dealkylation sites (N-methyl/N-ethyl adjacent to an activating group) is 1. The van der Waals surface area contributed by atoms with E-state index in [0.717, 1.165) is 29.0 Å². The van der Waals surface area contributed by atoms with Gasteiger partial charge in [0.25, 0.3) is 11.5 Å². The zero-order valence-electron chi connectivity index (χ0n) is 32.7. The van der Waals surface area contributed by atoms with E-state index < -0.39 is 57.9 Å². The Morgan fingerprint density at radius 1 is 0.947 bits per heavy atom. The minimum Gasteiger partial charge on any atom is -0.453 e. The summed E-state index contributed by atoms with van der Waals surface area (Å²) in [4.78, 5) is 74.4. The maximum Gasteiger partial charge on any atom is 0.410 e. The van der Waals surface area contributed by atoms with Crippen molar-refractivity contribution >= 4 is 29.4 Å². The minimum atomic E-state index is -1.05. The van der Waals surface area contributed by atoms with Crippen LogP contribution in [-0.2, 0) is 16.1 Å². The number of carbonyl (C=O) groups is 3. The van der Waals surface area contributed by atoms with Gasteiger partial charge < -0.3 is 30.3 Å². The Hall–Kier alpha value is -6.54. The summed E-state index contributed by atoms with van der Waals surface area (Å²) < 4.78 is 42.1. The summed E-state index contributed by atoms with van der Waals surface area (Å²) in [5.74, 6) is 3.15. The Morgan fingerprint density at radius 3 is 2.23 bits per heavy atom. The minimum absolute atomic E-state index is 0.0397. The van der Waals surface area contributed by atoms with Gasteiger partial charge in [-0.1, -0.05) is 11.8 Å². The van der Waals surface area contributed by atoms with Gasteiger partial charge in [-0.2, -0.15) is 0 Å². The van der Waals surface area contributed by atoms with Gasteiger partial charge in [-0.25, -0.2) is 27.9 Å². The Morgan fingerprint density at radius 2 is 1.61 bits per heavy atom. The van der Waals surface area contributed by atoms with E-state index in [4.69, 9.17) is 15.2 Å². The summed E-state index contributed by atoms with van der Waals surface area (Å²) in [6, 6.07) is 9.44. The van der Waals surface area contributed by atoms with Crippen molar-refractivity contribution in [2.75, 3.05) is 51.3 Å². The van der Waals surface area contributed by atoms with Crippen molar-refractivity contribution in [1.29, 1.82) is 0 Å². The summed E-state index contributed by atoms with van der Waals surface area (Å²) in [7, 11) is 2.94. The van der Waals surface area contributed by atoms with Crippen molar-refractivity contribution in [3.05, 3.63) is 105 Å². The second-order valence-electron chi connectivity index (χ2n) is 14.9. The molecule has 2 aromatic carbocycles. The highest BCUT2D eigenvalue weighted by Gasteiger charge is 2.32. The van der Waals surface area contributed by atoms with E-state index in [0.29, 0.717) is 30.7 Å². The second kappa shape index (κ2) is 16.7. The fourth-order valence-corrected chi connectivity index (χ4v) is 5.69. The van der Waals surface area contributed by atoms with E-state index in [2.05, 4.69) is 27.0 Å². The Balaban J connectivity index is 1.35. The summed E-state index contributed by atoms with van der Waals surface area (Å²) in [5, 5.41) is 2.44. The molecule has 3 heterocycles. The number of rotatable bonds is 8. The van der Waals surface area contributed by atoms with Crippen molar-refractivity contribution in [1.82, 2.24) is 28.8 Å². The van der Waals surface area contributed by atoms with E-state index in [1.54, 1.807) is 4.90 Å². The number of nitrogens with one attached hydrogen (secondary N) is 1. The molecular weight excluding hydrogens is 742 g/mol. The smallest absolute Gasteiger partial charge is 0.410 e. The third-order valence-corrected chi connectivity index (χ3v) is 8.86. The van der Waals surface area contributed by atoms with Gasteiger partial charge >= 0.3 is 11.8 Å². The number of pyridine rings is 1. The van der Waals surface area contributed by atoms with Gasteiger partial charge in [0.1, 0.15) is 40.7 Å². The molecule has 57 heavy (non-hydrogen) atoms. The average molecular weight is 787 g/mol. The number of nitrogens with two attached hydrogens (primary N) is 1. The SMILES string of the molecule is CN(C)C(=O)Cn1cc(C(=O)Nc2ccc(Oc3ccnc(N)c3C#CC(C)(C)N3CCN(C(=O)OC(C)(C)C)CC3)c(F)c2)c(=O)n(-c2ccc(F)cc2)c1=O. The summed E-state index contributed by atoms with van der Waals surface area (Å²) >= 11 is 0. The molecular formula is C40H44F2N8O7. The number of nitrogen functional groups attached to an aromatic ring is 1. The first-order valence-corrected chi connectivity index (χ1v) is 17.9. The van der Waals surface area contributed by atoms with Crippen LogP contribution >= 0.6 is 0 Å². The van der Waals surface area contributed by atoms with Crippen LogP contribution in [0.2, 0.25) is 0 Å². The highest BCUT2D eigenvalue weighted by Crippen LogP contribution is 2.31. The van der Waals surface area contributed by atoms with Crippen LogP contribution in [0, 0.1) is 23.5 Å². The van der Waals surface area contributed by atoms with E-state index in [-0.39, 0.29) is 40.3 Å². The van der Waals surface area contributed by atoms with Crippen molar-refractivity contribution in [2.24, 2.45) is 0 Å². The molecule has 0 unspecified atom stereocenters. The quantitative estimate of drug-likeness (QED) is 0.248. The van der Waals surface area contributed by atoms with Crippen molar-refractivity contribution in [3.63, 3.8) is 0 Å². The topological polar surface area (TPSA) is 174 Å². The lowest BCUT2D eigenvalue weighted by Gasteiger charge is -2.41. The fraction of sp³-hybridized carbons (Fsp3) is 0.350. The molecule has 1 fully saturated rings. The van der Waals surface area contributed by atoms with Crippen LogP contribution in [0.5, 0.6) is 11.5 Å². The van der Waals surface area contributed by atoms with E-state index in [9.17, 15) is 28.4 Å². The number of benzene rings is 2. The molecule has 0 aliphatic carbocycles. The number of amides is 3. The van der Waals surface area contributed by atoms with Crippen LogP contribution in [0.1, 0.15) is 50.5 Å². The zero-order chi connectivity index (χ0) is 41.8. The van der Waals surface area contributed by atoms with Gasteiger partial charge in [0.2, 0.25) is 5.91 Å². The van der Waals surface area contributed by atoms with E-state index in [1.807, 2.05) is 34.6 Å². The molecule has 3 amide bonds. The van der Waals surface area contributed by atoms with Gasteiger partial charge in [-0.3, -0.25) is 23.9 Å². The molecule has 3 N–H and O–H groups in total. The number of hydrogen-bond acceptors (Lipinski definition) is 10. The van der Waals surface area contributed by atoms with Gasteiger partial charge in [-0.05, 0) is 71.0 Å². The molecule has 4 aromatic rings. The van der Waals surface area contributed by atoms with Crippen molar-refractivity contribution in [3.8, 4) is 29.0 Å². The molecule has 0 saturated carbocycles. The first-order valence-electron chi connectivity index (χ1n) is 17.9. The van der Waals surface area contributed by atoms with Gasteiger partial charge in [-0.15, -0.1) is 0 Å². The molecule has 17 heteroatoms. The Kier molecular flexibility index (Phi) is 12.2. The molecule has 0 atom stereocenters. The lowest BCUT2D eigenvalue weighted by molar-refractivity contribution is -0.129. The number of ether oxygens (including phenoxy) is 2. The Bertz CT molecular complexity index is 2370. The van der Waals surface area contributed by atoms with Crippen LogP contribution < -0.4 is 27.0 Å². The molecule has 300 valence electrons. The third kappa shape index (κ3) is 10.0. The number of aromatic nitrogens is 3. The lowest BCUT2D eigenvalue weighted by Crippen LogP contribution is -2.55. The van der Waals surface area contributed by atoms with E-state index in [1.165, 1.54) is 55.5 Å². The maximum absolute atomic E-state index is 15.6. The molecule has 15 nitrogen and oxygen atoms in total. The van der Waals surface area contributed by atoms with Crippen LogP contribution in [0.4, 0.5) is 25.1 Å². The monoisotopic (exact) mass is 786 g/mol. The molecule has 2 aromatic heterocycles. The largest absolute Gasteiger partial charge is 0.453 e. The molecule has 0 bridgehead atoms. The number of piperazine rings is 1. The molecule has 0 radical (unpaired) electrons. The second-order valence-corrected chi connectivity index (χ2v) is 14.9. The number of hydrogen-bond donors (Lipinski definition) is 2. The number of halogens is 2. The highest BCUT2D eigenvalue weighted by atomic mass is 19.1. The van der Waals surface area contributed by atoms with Gasteiger partial charge in [0.05, 0.1) is 11.2 Å². The molecule has 5 rings (SSSR count). The Labute approximate surface area is 327 Å². The number of anilines is 2. The van der Waals surface area contributed by atoms with Crippen LogP contribution in [0.3, 0.4) is 0 Å². The summed E-state index contributed by atoms with van der Waals surface area (Å²) in [6.45, 7) is 10.8. The maximum atomic E-state index is 15.6. The van der Waals surface area contributed by atoms with E-state index >= 15 is 4.39 Å². The highest BCUT2D eigenvalue weighted by molar-refractivity contribution is 6.04. The molecule has 1 aliphatic heterocycles. The summed E-state index contributed by atoms with van der Waals surface area (Å²) in [6.07, 6.45) is 1.95. The van der Waals surface area contributed by atoms with Gasteiger partial charge in [0.15, 0.2) is 11.6 Å². The average Bonchev–Trinajstić information content (AvgIpc) is 3.13. The normalized spacial score (nSPS) is 13.3. The zero-order valence-corrected chi connectivity index (χ0v) is 32.7. The first kappa shape index (κ1) is 41.6. The van der Waals surface area contributed by atoms with Crippen LogP contribution in [0.25, 0.3) is 5.69 Å². The van der Waals surface area contributed by atoms with Crippen molar-refractivity contribution < 1.29 is 32.6 Å². The standard InChI is InChI=1S/C40H44F2N8O7/c1-39(2,3)57-38(55)47-18-20-49(21-19-47)40(4,5)16-14-28-31(15-17-44-34(28)43)56-32-13-10-26(22-30(32)42)45-35(52)29-23-48(24-33(51)46(6)7)37(54)50(36(29)53)27-11-8-25(41)9-12-27/h8-13,15,17,22-23H,18-21,24H2,1-7H3,(H2,43,44)(H,45,52). The van der Waals surface area contributed by atoms with Crippen molar-refractivity contribution in [2.45, 2.75) is 52.3 Å². The van der Waals surface area contributed by atoms with Crippen LogP contribution in [0.15, 0.2) is 70.5 Å². The molecule has 1 saturated heterocycles. The molecule has 1 aliphatic rings. The number of nitrogens with zero attached hydrogens (tertiary/aromatic N) is 6. The fourth-order valence-electron chi connectivity index (χ4n) is 5.69. The van der Waals surface area contributed by atoms with Gasteiger partial charge in [0, 0.05) is 70.5 Å². The predicted molar refractivity (Wildman–Crippen MR) is 208 cm³/mol.